The van der Waals surface area contributed by atoms with Gasteiger partial charge in [-0.05, 0) is 25.1 Å². The third kappa shape index (κ3) is 4.13. The highest BCUT2D eigenvalue weighted by Gasteiger charge is 2.26. The van der Waals surface area contributed by atoms with Crippen LogP contribution in [0.25, 0.3) is 4.96 Å². The second-order valence-electron chi connectivity index (χ2n) is 6.39. The lowest BCUT2D eigenvalue weighted by Crippen LogP contribution is -2.31. The molecule has 0 aliphatic heterocycles. The summed E-state index contributed by atoms with van der Waals surface area (Å²) < 4.78 is 47.2. The smallest absolute Gasteiger partial charge is 0.338 e. The van der Waals surface area contributed by atoms with E-state index in [-0.39, 0.29) is 36.5 Å². The predicted octanol–water partition coefficient (Wildman–Crippen LogP) is 2.59. The van der Waals surface area contributed by atoms with Crippen LogP contribution in [0.5, 0.6) is 0 Å². The Labute approximate surface area is 176 Å². The number of carbonyl (C=O) groups excluding carboxylic acids is 1. The Morgan fingerprint density at radius 1 is 1.27 bits per heavy atom. The molecule has 0 amide bonds. The molecule has 0 aliphatic rings. The van der Waals surface area contributed by atoms with E-state index in [1.54, 1.807) is 26.2 Å². The average molecular weight is 454 g/mol. The van der Waals surface area contributed by atoms with Gasteiger partial charge in [0, 0.05) is 30.2 Å². The highest BCUT2D eigenvalue weighted by molar-refractivity contribution is 7.89. The zero-order valence-corrected chi connectivity index (χ0v) is 18.2. The van der Waals surface area contributed by atoms with E-state index in [0.717, 1.165) is 28.2 Å². The van der Waals surface area contributed by atoms with Crippen molar-refractivity contribution in [3.63, 3.8) is 0 Å². The fourth-order valence-electron chi connectivity index (χ4n) is 2.93. The molecular weight excluding hydrogens is 433 g/mol. The SMILES string of the molecule is CCN(CC)S(=O)(=O)c1cc(C(=O)OCc2cc(=O)n3c(C)csc3n2)ccc1F. The minimum Gasteiger partial charge on any atom is -0.456 e. The van der Waals surface area contributed by atoms with Crippen LogP contribution in [-0.2, 0) is 21.4 Å². The molecule has 3 aromatic rings. The summed E-state index contributed by atoms with van der Waals surface area (Å²) in [4.78, 5) is 28.8. The van der Waals surface area contributed by atoms with Crippen LogP contribution in [0.15, 0.2) is 39.3 Å². The standard InChI is InChI=1S/C19H20FN3O5S2/c1-4-22(5-2)30(26,27)16-8-13(6-7-15(16)20)18(25)28-10-14-9-17(24)23-12(3)11-29-19(23)21-14/h6-9,11H,4-5,10H2,1-3H3. The molecule has 0 atom stereocenters. The molecule has 0 saturated heterocycles. The van der Waals surface area contributed by atoms with Crippen molar-refractivity contribution < 1.29 is 22.3 Å². The Hall–Kier alpha value is -2.63. The molecule has 0 saturated carbocycles. The van der Waals surface area contributed by atoms with Gasteiger partial charge in [-0.2, -0.15) is 4.31 Å². The lowest BCUT2D eigenvalue weighted by atomic mass is 10.2. The number of hydrogen-bond donors (Lipinski definition) is 0. The summed E-state index contributed by atoms with van der Waals surface area (Å²) in [5.74, 6) is -1.80. The second-order valence-corrected chi connectivity index (χ2v) is 9.13. The zero-order chi connectivity index (χ0) is 22.1. The van der Waals surface area contributed by atoms with Crippen LogP contribution in [0.3, 0.4) is 0 Å². The van der Waals surface area contributed by atoms with E-state index >= 15 is 0 Å². The van der Waals surface area contributed by atoms with E-state index in [1.165, 1.54) is 21.8 Å². The van der Waals surface area contributed by atoms with E-state index in [1.807, 2.05) is 0 Å². The molecule has 0 radical (unpaired) electrons. The first-order valence-corrected chi connectivity index (χ1v) is 11.4. The van der Waals surface area contributed by atoms with Gasteiger partial charge in [0.25, 0.3) is 5.56 Å². The van der Waals surface area contributed by atoms with Crippen LogP contribution in [0.1, 0.15) is 35.6 Å². The first-order chi connectivity index (χ1) is 14.2. The highest BCUT2D eigenvalue weighted by atomic mass is 32.2. The van der Waals surface area contributed by atoms with Gasteiger partial charge in [0.15, 0.2) is 4.96 Å². The minimum absolute atomic E-state index is 0.119. The number of rotatable bonds is 7. The fourth-order valence-corrected chi connectivity index (χ4v) is 5.37. The number of hydrogen-bond acceptors (Lipinski definition) is 7. The van der Waals surface area contributed by atoms with E-state index in [9.17, 15) is 22.4 Å². The molecule has 0 spiro atoms. The van der Waals surface area contributed by atoms with Crippen molar-refractivity contribution in [1.82, 2.24) is 13.7 Å². The number of thiazole rings is 1. The quantitative estimate of drug-likeness (QED) is 0.510. The molecule has 0 unspecified atom stereocenters. The van der Waals surface area contributed by atoms with Crippen LogP contribution in [-0.4, -0.2) is 41.2 Å². The summed E-state index contributed by atoms with van der Waals surface area (Å²) in [5, 5.41) is 1.79. The van der Waals surface area contributed by atoms with Crippen molar-refractivity contribution in [3.8, 4) is 0 Å². The zero-order valence-electron chi connectivity index (χ0n) is 16.6. The number of sulfonamides is 1. The first kappa shape index (κ1) is 22.1. The summed E-state index contributed by atoms with van der Waals surface area (Å²) in [6.07, 6.45) is 0. The van der Waals surface area contributed by atoms with E-state index in [4.69, 9.17) is 4.74 Å². The molecule has 3 rings (SSSR count). The third-order valence-electron chi connectivity index (χ3n) is 4.47. The van der Waals surface area contributed by atoms with Crippen LogP contribution in [0.4, 0.5) is 4.39 Å². The van der Waals surface area contributed by atoms with E-state index in [0.29, 0.717) is 4.96 Å². The summed E-state index contributed by atoms with van der Waals surface area (Å²) in [7, 11) is -4.09. The lowest BCUT2D eigenvalue weighted by molar-refractivity contribution is 0.0467. The average Bonchev–Trinajstić information content (AvgIpc) is 3.08. The number of carbonyl (C=O) groups is 1. The van der Waals surface area contributed by atoms with Crippen molar-refractivity contribution in [2.45, 2.75) is 32.3 Å². The molecule has 11 heteroatoms. The number of ether oxygens (including phenoxy) is 1. The lowest BCUT2D eigenvalue weighted by Gasteiger charge is -2.19. The maximum atomic E-state index is 14.2. The molecule has 2 heterocycles. The Bertz CT molecular complexity index is 1260. The first-order valence-electron chi connectivity index (χ1n) is 9.12. The Balaban J connectivity index is 1.84. The third-order valence-corrected chi connectivity index (χ3v) is 7.48. The van der Waals surface area contributed by atoms with Gasteiger partial charge in [-0.3, -0.25) is 9.20 Å². The van der Waals surface area contributed by atoms with Crippen LogP contribution < -0.4 is 5.56 Å². The largest absolute Gasteiger partial charge is 0.456 e. The van der Waals surface area contributed by atoms with Crippen LogP contribution >= 0.6 is 11.3 Å². The van der Waals surface area contributed by atoms with Crippen molar-refractivity contribution >= 4 is 32.3 Å². The number of fused-ring (bicyclic) bond motifs is 1. The Morgan fingerprint density at radius 3 is 2.63 bits per heavy atom. The number of aryl methyl sites for hydroxylation is 1. The summed E-state index contributed by atoms with van der Waals surface area (Å²) in [6, 6.07) is 4.28. The summed E-state index contributed by atoms with van der Waals surface area (Å²) >= 11 is 1.28. The van der Waals surface area contributed by atoms with Gasteiger partial charge >= 0.3 is 5.97 Å². The van der Waals surface area contributed by atoms with Crippen molar-refractivity contribution in [3.05, 3.63) is 62.8 Å². The molecule has 160 valence electrons. The molecule has 1 aromatic carbocycles. The Kier molecular flexibility index (Phi) is 6.34. The van der Waals surface area contributed by atoms with Gasteiger partial charge in [0.05, 0.1) is 11.3 Å². The maximum Gasteiger partial charge on any atom is 0.338 e. The summed E-state index contributed by atoms with van der Waals surface area (Å²) in [5.41, 5.74) is 0.601. The molecular formula is C19H20FN3O5S2. The number of benzene rings is 1. The van der Waals surface area contributed by atoms with Crippen LogP contribution in [0, 0.1) is 12.7 Å². The molecule has 0 bridgehead atoms. The van der Waals surface area contributed by atoms with Gasteiger partial charge in [0.1, 0.15) is 17.3 Å². The van der Waals surface area contributed by atoms with Gasteiger partial charge in [-0.25, -0.2) is 22.6 Å². The molecule has 0 N–H and O–H groups in total. The summed E-state index contributed by atoms with van der Waals surface area (Å²) in [6.45, 7) is 5.11. The van der Waals surface area contributed by atoms with E-state index in [2.05, 4.69) is 4.98 Å². The number of halogens is 1. The number of esters is 1. The highest BCUT2D eigenvalue weighted by Crippen LogP contribution is 2.21. The van der Waals surface area contributed by atoms with Gasteiger partial charge in [-0.15, -0.1) is 11.3 Å². The van der Waals surface area contributed by atoms with Crippen molar-refractivity contribution in [2.75, 3.05) is 13.1 Å². The van der Waals surface area contributed by atoms with Crippen LogP contribution in [0.2, 0.25) is 0 Å². The predicted molar refractivity (Wildman–Crippen MR) is 110 cm³/mol. The molecule has 0 fully saturated rings. The van der Waals surface area contributed by atoms with E-state index < -0.39 is 26.7 Å². The van der Waals surface area contributed by atoms with Gasteiger partial charge in [0.2, 0.25) is 10.0 Å². The van der Waals surface area contributed by atoms with Gasteiger partial charge < -0.3 is 4.74 Å². The van der Waals surface area contributed by atoms with Gasteiger partial charge in [-0.1, -0.05) is 13.8 Å². The monoisotopic (exact) mass is 453 g/mol. The molecule has 8 nitrogen and oxygen atoms in total. The fraction of sp³-hybridized carbons (Fsp3) is 0.316. The number of aromatic nitrogens is 2. The molecule has 30 heavy (non-hydrogen) atoms. The second kappa shape index (κ2) is 8.62. The normalized spacial score (nSPS) is 11.9. The van der Waals surface area contributed by atoms with Crippen molar-refractivity contribution in [1.29, 1.82) is 0 Å². The minimum atomic E-state index is -4.09. The topological polar surface area (TPSA) is 98.0 Å². The molecule has 0 aliphatic carbocycles. The van der Waals surface area contributed by atoms with Crippen molar-refractivity contribution in [2.24, 2.45) is 0 Å². The maximum absolute atomic E-state index is 14.2. The molecule has 2 aromatic heterocycles. The Morgan fingerprint density at radius 2 is 1.97 bits per heavy atom. The number of nitrogens with zero attached hydrogens (tertiary/aromatic N) is 3.